The summed E-state index contributed by atoms with van der Waals surface area (Å²) < 4.78 is 27.0. The van der Waals surface area contributed by atoms with Gasteiger partial charge in [0.25, 0.3) is 0 Å². The van der Waals surface area contributed by atoms with Gasteiger partial charge in [0.05, 0.1) is 5.75 Å². The first-order valence-electron chi connectivity index (χ1n) is 10.8. The normalized spacial score (nSPS) is 15.8. The Morgan fingerprint density at radius 2 is 1.77 bits per heavy atom. The van der Waals surface area contributed by atoms with Gasteiger partial charge in [-0.3, -0.25) is 4.79 Å². The number of carbonyl (C=O) groups excluding carboxylic acids is 1. The van der Waals surface area contributed by atoms with Gasteiger partial charge in [-0.2, -0.15) is 0 Å². The molecule has 1 saturated heterocycles. The quantitative estimate of drug-likeness (QED) is 0.686. The van der Waals surface area contributed by atoms with Crippen LogP contribution in [-0.4, -0.2) is 37.5 Å². The Labute approximate surface area is 180 Å². The number of nitrogens with one attached hydrogen (secondary N) is 1. The number of para-hydroxylation sites is 1. The van der Waals surface area contributed by atoms with Crippen LogP contribution in [0.25, 0.3) is 0 Å². The molecule has 0 saturated carbocycles. The summed E-state index contributed by atoms with van der Waals surface area (Å²) in [5.74, 6) is 0.00663. The van der Waals surface area contributed by atoms with Gasteiger partial charge >= 0.3 is 0 Å². The topological polar surface area (TPSA) is 66.5 Å². The Morgan fingerprint density at radius 1 is 1.07 bits per heavy atom. The summed E-state index contributed by atoms with van der Waals surface area (Å²) >= 11 is 0. The number of aryl methyl sites for hydroxylation is 3. The van der Waals surface area contributed by atoms with Crippen molar-refractivity contribution in [1.29, 1.82) is 0 Å². The SMILES string of the molecule is CCc1cccc(C)c1NC(=O)C1CCN(S(=O)(=O)CCCc2ccccc2)CC1. The molecular weight excluding hydrogens is 396 g/mol. The fourth-order valence-corrected chi connectivity index (χ4v) is 5.59. The van der Waals surface area contributed by atoms with Crippen molar-refractivity contribution in [3.05, 3.63) is 65.2 Å². The third-order valence-corrected chi connectivity index (χ3v) is 7.87. The van der Waals surface area contributed by atoms with Crippen LogP contribution in [0.15, 0.2) is 48.5 Å². The van der Waals surface area contributed by atoms with E-state index in [1.165, 1.54) is 0 Å². The number of amides is 1. The van der Waals surface area contributed by atoms with E-state index >= 15 is 0 Å². The van der Waals surface area contributed by atoms with Gasteiger partial charge in [0.1, 0.15) is 0 Å². The average Bonchev–Trinajstić information content (AvgIpc) is 2.76. The third kappa shape index (κ3) is 5.70. The van der Waals surface area contributed by atoms with E-state index in [2.05, 4.69) is 12.2 Å². The van der Waals surface area contributed by atoms with Gasteiger partial charge < -0.3 is 5.32 Å². The van der Waals surface area contributed by atoms with Crippen LogP contribution in [0.2, 0.25) is 0 Å². The first-order valence-corrected chi connectivity index (χ1v) is 12.4. The minimum atomic E-state index is -3.28. The molecule has 0 unspecified atom stereocenters. The summed E-state index contributed by atoms with van der Waals surface area (Å²) in [6.07, 6.45) is 3.36. The van der Waals surface area contributed by atoms with Gasteiger partial charge in [0.15, 0.2) is 0 Å². The van der Waals surface area contributed by atoms with Crippen molar-refractivity contribution in [2.45, 2.75) is 46.0 Å². The lowest BCUT2D eigenvalue weighted by molar-refractivity contribution is -0.120. The lowest BCUT2D eigenvalue weighted by atomic mass is 9.96. The van der Waals surface area contributed by atoms with Crippen molar-refractivity contribution in [1.82, 2.24) is 4.31 Å². The van der Waals surface area contributed by atoms with E-state index in [4.69, 9.17) is 0 Å². The van der Waals surface area contributed by atoms with Crippen LogP contribution in [0, 0.1) is 12.8 Å². The van der Waals surface area contributed by atoms with Crippen LogP contribution in [0.4, 0.5) is 5.69 Å². The lowest BCUT2D eigenvalue weighted by Crippen LogP contribution is -2.42. The first kappa shape index (κ1) is 22.5. The lowest BCUT2D eigenvalue weighted by Gasteiger charge is -2.31. The molecule has 162 valence electrons. The number of sulfonamides is 1. The van der Waals surface area contributed by atoms with E-state index in [0.717, 1.165) is 35.2 Å². The zero-order valence-corrected chi connectivity index (χ0v) is 18.7. The summed E-state index contributed by atoms with van der Waals surface area (Å²) in [4.78, 5) is 12.8. The summed E-state index contributed by atoms with van der Waals surface area (Å²) in [5.41, 5.74) is 4.25. The summed E-state index contributed by atoms with van der Waals surface area (Å²) in [5, 5.41) is 3.10. The maximum Gasteiger partial charge on any atom is 0.227 e. The van der Waals surface area contributed by atoms with E-state index in [1.54, 1.807) is 4.31 Å². The second kappa shape index (κ2) is 10.2. The molecule has 2 aromatic carbocycles. The molecule has 0 bridgehead atoms. The Kier molecular flexibility index (Phi) is 7.67. The average molecular weight is 429 g/mol. The van der Waals surface area contributed by atoms with E-state index in [-0.39, 0.29) is 17.6 Å². The second-order valence-corrected chi connectivity index (χ2v) is 10.1. The maximum absolute atomic E-state index is 12.8. The number of rotatable bonds is 8. The molecule has 0 aliphatic carbocycles. The Balaban J connectivity index is 1.50. The van der Waals surface area contributed by atoms with Crippen molar-refractivity contribution in [2.24, 2.45) is 5.92 Å². The van der Waals surface area contributed by atoms with Crippen molar-refractivity contribution in [3.8, 4) is 0 Å². The number of hydrogen-bond donors (Lipinski definition) is 1. The molecule has 0 spiro atoms. The predicted molar refractivity (Wildman–Crippen MR) is 122 cm³/mol. The summed E-state index contributed by atoms with van der Waals surface area (Å²) in [6.45, 7) is 4.91. The van der Waals surface area contributed by atoms with Crippen LogP contribution < -0.4 is 5.32 Å². The van der Waals surface area contributed by atoms with E-state index < -0.39 is 10.0 Å². The van der Waals surface area contributed by atoms with Gasteiger partial charge in [-0.1, -0.05) is 55.5 Å². The molecule has 0 radical (unpaired) electrons. The van der Waals surface area contributed by atoms with Crippen LogP contribution in [0.1, 0.15) is 42.9 Å². The molecule has 6 heteroatoms. The molecular formula is C24H32N2O3S. The Hall–Kier alpha value is -2.18. The molecule has 1 N–H and O–H groups in total. The van der Waals surface area contributed by atoms with E-state index in [9.17, 15) is 13.2 Å². The Morgan fingerprint density at radius 3 is 2.43 bits per heavy atom. The molecule has 30 heavy (non-hydrogen) atoms. The summed E-state index contributed by atoms with van der Waals surface area (Å²) in [7, 11) is -3.28. The highest BCUT2D eigenvalue weighted by molar-refractivity contribution is 7.89. The number of benzene rings is 2. The number of hydrogen-bond acceptors (Lipinski definition) is 3. The highest BCUT2D eigenvalue weighted by atomic mass is 32.2. The molecule has 3 rings (SSSR count). The molecule has 1 fully saturated rings. The largest absolute Gasteiger partial charge is 0.325 e. The number of piperidine rings is 1. The zero-order chi connectivity index (χ0) is 21.6. The minimum absolute atomic E-state index is 0.000116. The fourth-order valence-electron chi connectivity index (χ4n) is 4.06. The standard InChI is InChI=1S/C24H32N2O3S/c1-3-21-13-7-9-19(2)23(21)25-24(27)22-14-16-26(17-15-22)30(28,29)18-8-12-20-10-5-4-6-11-20/h4-7,9-11,13,22H,3,8,12,14-18H2,1-2H3,(H,25,27). The van der Waals surface area contributed by atoms with Crippen LogP contribution in [0.3, 0.4) is 0 Å². The monoisotopic (exact) mass is 428 g/mol. The number of anilines is 1. The first-order chi connectivity index (χ1) is 14.4. The molecule has 1 aliphatic heterocycles. The van der Waals surface area contributed by atoms with E-state index in [1.807, 2.05) is 55.5 Å². The predicted octanol–water partition coefficient (Wildman–Crippen LogP) is 4.17. The molecule has 1 heterocycles. The van der Waals surface area contributed by atoms with Crippen molar-refractivity contribution in [3.63, 3.8) is 0 Å². The van der Waals surface area contributed by atoms with Crippen molar-refractivity contribution in [2.75, 3.05) is 24.2 Å². The van der Waals surface area contributed by atoms with Gasteiger partial charge in [-0.25, -0.2) is 12.7 Å². The third-order valence-electron chi connectivity index (χ3n) is 5.92. The number of carbonyl (C=O) groups is 1. The highest BCUT2D eigenvalue weighted by Gasteiger charge is 2.31. The van der Waals surface area contributed by atoms with Crippen molar-refractivity contribution < 1.29 is 13.2 Å². The molecule has 1 amide bonds. The summed E-state index contributed by atoms with van der Waals surface area (Å²) in [6, 6.07) is 16.0. The molecule has 5 nitrogen and oxygen atoms in total. The van der Waals surface area contributed by atoms with Crippen LogP contribution in [0.5, 0.6) is 0 Å². The van der Waals surface area contributed by atoms with Gasteiger partial charge in [-0.05, 0) is 55.7 Å². The van der Waals surface area contributed by atoms with Crippen molar-refractivity contribution >= 4 is 21.6 Å². The highest BCUT2D eigenvalue weighted by Crippen LogP contribution is 2.25. The molecule has 1 aliphatic rings. The van der Waals surface area contributed by atoms with E-state index in [0.29, 0.717) is 32.4 Å². The smallest absolute Gasteiger partial charge is 0.227 e. The fraction of sp³-hybridized carbons (Fsp3) is 0.458. The van der Waals surface area contributed by atoms with Crippen LogP contribution in [-0.2, 0) is 27.7 Å². The second-order valence-electron chi connectivity index (χ2n) is 8.03. The zero-order valence-electron chi connectivity index (χ0n) is 17.9. The van der Waals surface area contributed by atoms with Gasteiger partial charge in [0.2, 0.25) is 15.9 Å². The molecule has 2 aromatic rings. The number of nitrogens with zero attached hydrogens (tertiary/aromatic N) is 1. The van der Waals surface area contributed by atoms with Crippen LogP contribution >= 0.6 is 0 Å². The molecule has 0 aromatic heterocycles. The molecule has 0 atom stereocenters. The maximum atomic E-state index is 12.8. The van der Waals surface area contributed by atoms with Gasteiger partial charge in [-0.15, -0.1) is 0 Å². The minimum Gasteiger partial charge on any atom is -0.325 e. The Bertz CT molecular complexity index is 950. The van der Waals surface area contributed by atoms with Gasteiger partial charge in [0, 0.05) is 24.7 Å².